The molecule has 8 nitrogen and oxygen atoms in total. The zero-order valence-corrected chi connectivity index (χ0v) is 12.3. The van der Waals surface area contributed by atoms with Gasteiger partial charge in [-0.2, -0.15) is 0 Å². The second-order valence-corrected chi connectivity index (χ2v) is 5.70. The molecule has 0 bridgehead atoms. The van der Waals surface area contributed by atoms with Crippen molar-refractivity contribution in [3.8, 4) is 0 Å². The fourth-order valence-electron chi connectivity index (χ4n) is 2.77. The van der Waals surface area contributed by atoms with Gasteiger partial charge in [-0.25, -0.2) is 4.79 Å². The number of carbonyl (C=O) groups is 2. The van der Waals surface area contributed by atoms with Gasteiger partial charge in [0, 0.05) is 19.8 Å². The summed E-state index contributed by atoms with van der Waals surface area (Å²) in [5.41, 5.74) is -2.51. The first-order valence-electron chi connectivity index (χ1n) is 7.18. The molecule has 0 unspecified atom stereocenters. The highest BCUT2D eigenvalue weighted by Crippen LogP contribution is 2.36. The van der Waals surface area contributed by atoms with E-state index >= 15 is 0 Å². The van der Waals surface area contributed by atoms with Gasteiger partial charge in [-0.3, -0.25) is 19.0 Å². The Balaban J connectivity index is 2.15. The minimum absolute atomic E-state index is 0.0244. The second kappa shape index (κ2) is 6.17. The van der Waals surface area contributed by atoms with Crippen molar-refractivity contribution in [3.05, 3.63) is 32.6 Å². The summed E-state index contributed by atoms with van der Waals surface area (Å²) in [5, 5.41) is 12.0. The van der Waals surface area contributed by atoms with Crippen LogP contribution in [0, 0.1) is 5.41 Å². The number of carbonyl (C=O) groups excluding carboxylic acids is 1. The molecule has 1 aromatic rings. The molecule has 1 heterocycles. The number of H-pyrrole nitrogens is 1. The van der Waals surface area contributed by atoms with Gasteiger partial charge in [0.25, 0.3) is 11.5 Å². The van der Waals surface area contributed by atoms with Crippen LogP contribution in [0.15, 0.2) is 15.8 Å². The van der Waals surface area contributed by atoms with E-state index in [2.05, 4.69) is 10.3 Å². The van der Waals surface area contributed by atoms with E-state index in [0.717, 1.165) is 30.0 Å². The molecule has 120 valence electrons. The fraction of sp³-hybridized carbons (Fsp3) is 0.571. The quantitative estimate of drug-likeness (QED) is 0.713. The standard InChI is InChI=1S/C14H19N3O5/c1-17-11(19)9(7-15-13(17)22)10(18)16-8-14(12(20)21)5-3-2-4-6-14/h7H,2-6,8H2,1H3,(H,15,22)(H,16,18)(H,20,21). The number of amides is 1. The maximum absolute atomic E-state index is 12.1. The Hall–Kier alpha value is -2.38. The molecule has 1 fully saturated rings. The van der Waals surface area contributed by atoms with Crippen LogP contribution in [-0.2, 0) is 11.8 Å². The summed E-state index contributed by atoms with van der Waals surface area (Å²) in [7, 11) is 1.26. The molecular weight excluding hydrogens is 290 g/mol. The molecule has 2 rings (SSSR count). The lowest BCUT2D eigenvalue weighted by molar-refractivity contribution is -0.150. The Morgan fingerprint density at radius 2 is 1.95 bits per heavy atom. The third kappa shape index (κ3) is 2.95. The summed E-state index contributed by atoms with van der Waals surface area (Å²) < 4.78 is 0.794. The number of hydrogen-bond acceptors (Lipinski definition) is 4. The SMILES string of the molecule is Cn1c(=O)[nH]cc(C(=O)NCC2(C(=O)O)CCCCC2)c1=O. The molecule has 0 saturated heterocycles. The van der Waals surface area contributed by atoms with E-state index in [4.69, 9.17) is 0 Å². The van der Waals surface area contributed by atoms with Crippen LogP contribution in [0.2, 0.25) is 0 Å². The summed E-state index contributed by atoms with van der Waals surface area (Å²) in [6.45, 7) is -0.0244. The Kier molecular flexibility index (Phi) is 4.48. The summed E-state index contributed by atoms with van der Waals surface area (Å²) in [6.07, 6.45) is 4.67. The maximum atomic E-state index is 12.1. The molecule has 1 amide bonds. The van der Waals surface area contributed by atoms with Gasteiger partial charge in [-0.15, -0.1) is 0 Å². The molecule has 0 atom stereocenters. The molecule has 22 heavy (non-hydrogen) atoms. The Morgan fingerprint density at radius 3 is 2.55 bits per heavy atom. The highest BCUT2D eigenvalue weighted by atomic mass is 16.4. The molecule has 0 spiro atoms. The average molecular weight is 309 g/mol. The molecule has 8 heteroatoms. The molecule has 3 N–H and O–H groups in total. The first-order valence-corrected chi connectivity index (χ1v) is 7.18. The largest absolute Gasteiger partial charge is 0.481 e. The van der Waals surface area contributed by atoms with E-state index in [0.29, 0.717) is 12.8 Å². The molecule has 0 aliphatic heterocycles. The van der Waals surface area contributed by atoms with Gasteiger partial charge in [0.2, 0.25) is 0 Å². The normalized spacial score (nSPS) is 17.0. The third-order valence-corrected chi connectivity index (χ3v) is 4.28. The minimum atomic E-state index is -0.971. The Morgan fingerprint density at radius 1 is 1.32 bits per heavy atom. The lowest BCUT2D eigenvalue weighted by Gasteiger charge is -2.33. The van der Waals surface area contributed by atoms with E-state index in [9.17, 15) is 24.3 Å². The Bertz CT molecular complexity index is 697. The van der Waals surface area contributed by atoms with E-state index < -0.39 is 28.5 Å². The van der Waals surface area contributed by atoms with Gasteiger partial charge in [-0.1, -0.05) is 19.3 Å². The predicted molar refractivity (Wildman–Crippen MR) is 77.8 cm³/mol. The van der Waals surface area contributed by atoms with Crippen molar-refractivity contribution in [2.24, 2.45) is 12.5 Å². The number of nitrogens with one attached hydrogen (secondary N) is 2. The van der Waals surface area contributed by atoms with E-state index in [-0.39, 0.29) is 12.1 Å². The van der Waals surface area contributed by atoms with Crippen LogP contribution in [-0.4, -0.2) is 33.1 Å². The lowest BCUT2D eigenvalue weighted by Crippen LogP contribution is -2.46. The minimum Gasteiger partial charge on any atom is -0.481 e. The number of hydrogen-bond donors (Lipinski definition) is 3. The van der Waals surface area contributed by atoms with Crippen LogP contribution in [0.25, 0.3) is 0 Å². The molecular formula is C14H19N3O5. The lowest BCUT2D eigenvalue weighted by atomic mass is 9.74. The number of nitrogens with zero attached hydrogens (tertiary/aromatic N) is 1. The van der Waals surface area contributed by atoms with Gasteiger partial charge in [0.05, 0.1) is 5.41 Å². The highest BCUT2D eigenvalue weighted by molar-refractivity contribution is 5.93. The molecule has 1 aliphatic rings. The Labute approximate surface area is 126 Å². The number of aliphatic carboxylic acids is 1. The van der Waals surface area contributed by atoms with Gasteiger partial charge in [0.1, 0.15) is 5.56 Å². The van der Waals surface area contributed by atoms with Gasteiger partial charge < -0.3 is 15.4 Å². The first-order chi connectivity index (χ1) is 10.4. The highest BCUT2D eigenvalue weighted by Gasteiger charge is 2.39. The van der Waals surface area contributed by atoms with Crippen molar-refractivity contribution in [2.45, 2.75) is 32.1 Å². The smallest absolute Gasteiger partial charge is 0.328 e. The van der Waals surface area contributed by atoms with Crippen LogP contribution >= 0.6 is 0 Å². The number of rotatable bonds is 4. The predicted octanol–water partition coefficient (Wildman–Crippen LogP) is -0.162. The number of carboxylic acid groups (broad SMARTS) is 1. The average Bonchev–Trinajstić information content (AvgIpc) is 2.51. The van der Waals surface area contributed by atoms with Crippen molar-refractivity contribution < 1.29 is 14.7 Å². The molecule has 0 aromatic carbocycles. The second-order valence-electron chi connectivity index (χ2n) is 5.70. The van der Waals surface area contributed by atoms with Crippen LogP contribution in [0.4, 0.5) is 0 Å². The van der Waals surface area contributed by atoms with Gasteiger partial charge in [-0.05, 0) is 12.8 Å². The van der Waals surface area contributed by atoms with Crippen molar-refractivity contribution in [2.75, 3.05) is 6.54 Å². The van der Waals surface area contributed by atoms with E-state index in [1.54, 1.807) is 0 Å². The zero-order chi connectivity index (χ0) is 16.3. The van der Waals surface area contributed by atoms with Crippen molar-refractivity contribution in [1.82, 2.24) is 14.9 Å². The molecule has 1 saturated carbocycles. The summed E-state index contributed by atoms with van der Waals surface area (Å²) >= 11 is 0. The van der Waals surface area contributed by atoms with Crippen LogP contribution in [0.1, 0.15) is 42.5 Å². The molecule has 1 aromatic heterocycles. The fourth-order valence-corrected chi connectivity index (χ4v) is 2.77. The summed E-state index contributed by atoms with van der Waals surface area (Å²) in [6, 6.07) is 0. The van der Waals surface area contributed by atoms with Crippen molar-refractivity contribution in [1.29, 1.82) is 0 Å². The van der Waals surface area contributed by atoms with Crippen LogP contribution in [0.3, 0.4) is 0 Å². The summed E-state index contributed by atoms with van der Waals surface area (Å²) in [4.78, 5) is 49.0. The number of aromatic nitrogens is 2. The van der Waals surface area contributed by atoms with Crippen LogP contribution in [0.5, 0.6) is 0 Å². The first kappa shape index (κ1) is 16.0. The maximum Gasteiger partial charge on any atom is 0.328 e. The summed E-state index contributed by atoms with van der Waals surface area (Å²) in [5.74, 6) is -1.61. The van der Waals surface area contributed by atoms with Crippen LogP contribution < -0.4 is 16.6 Å². The third-order valence-electron chi connectivity index (χ3n) is 4.28. The zero-order valence-electron chi connectivity index (χ0n) is 12.3. The topological polar surface area (TPSA) is 121 Å². The number of carboxylic acids is 1. The molecule has 0 radical (unpaired) electrons. The molecule has 1 aliphatic carbocycles. The van der Waals surface area contributed by atoms with Gasteiger partial charge in [0.15, 0.2) is 0 Å². The van der Waals surface area contributed by atoms with Crippen molar-refractivity contribution >= 4 is 11.9 Å². The van der Waals surface area contributed by atoms with Crippen molar-refractivity contribution in [3.63, 3.8) is 0 Å². The number of aromatic amines is 1. The monoisotopic (exact) mass is 309 g/mol. The van der Waals surface area contributed by atoms with E-state index in [1.165, 1.54) is 7.05 Å². The van der Waals surface area contributed by atoms with E-state index in [1.807, 2.05) is 0 Å². The van der Waals surface area contributed by atoms with Gasteiger partial charge >= 0.3 is 11.7 Å².